The number of carboxylic acids is 1. The van der Waals surface area contributed by atoms with Crippen molar-refractivity contribution in [1.29, 1.82) is 0 Å². The first-order valence-electron chi connectivity index (χ1n) is 9.71. The molecule has 3 aromatic rings. The number of ether oxygens (including phenoxy) is 1. The van der Waals surface area contributed by atoms with E-state index in [9.17, 15) is 9.59 Å². The highest BCUT2D eigenvalue weighted by molar-refractivity contribution is 5.89. The number of hydrazone groups is 1. The number of aromatic carboxylic acids is 1. The van der Waals surface area contributed by atoms with Crippen LogP contribution in [0.1, 0.15) is 42.5 Å². The Morgan fingerprint density at radius 2 is 1.84 bits per heavy atom. The van der Waals surface area contributed by atoms with E-state index in [1.54, 1.807) is 24.3 Å². The zero-order valence-electron chi connectivity index (χ0n) is 17.6. The van der Waals surface area contributed by atoms with Crippen LogP contribution in [0.15, 0.2) is 70.2 Å². The molecular weight excluding hydrogens is 396 g/mol. The fourth-order valence-corrected chi connectivity index (χ4v) is 2.78. The molecule has 2 aromatic carbocycles. The molecule has 0 aliphatic carbocycles. The van der Waals surface area contributed by atoms with Crippen LogP contribution in [0.3, 0.4) is 0 Å². The van der Waals surface area contributed by atoms with Gasteiger partial charge in [-0.2, -0.15) is 5.10 Å². The lowest BCUT2D eigenvalue weighted by molar-refractivity contribution is -0.123. The Hall–Kier alpha value is -3.87. The fourth-order valence-electron chi connectivity index (χ4n) is 2.78. The van der Waals surface area contributed by atoms with E-state index < -0.39 is 11.9 Å². The van der Waals surface area contributed by atoms with E-state index in [0.29, 0.717) is 22.8 Å². The summed E-state index contributed by atoms with van der Waals surface area (Å²) in [5, 5.41) is 12.9. The molecule has 1 amide bonds. The molecule has 1 heterocycles. The third kappa shape index (κ3) is 6.05. The Kier molecular flexibility index (Phi) is 6.55. The van der Waals surface area contributed by atoms with Crippen molar-refractivity contribution >= 4 is 18.1 Å². The van der Waals surface area contributed by atoms with Crippen LogP contribution < -0.4 is 10.2 Å². The lowest BCUT2D eigenvalue weighted by Gasteiger charge is -2.19. The molecule has 160 valence electrons. The molecule has 7 heteroatoms. The van der Waals surface area contributed by atoms with E-state index in [2.05, 4.69) is 31.3 Å². The van der Waals surface area contributed by atoms with Crippen LogP contribution in [0.4, 0.5) is 0 Å². The van der Waals surface area contributed by atoms with Gasteiger partial charge in [-0.05, 0) is 47.4 Å². The zero-order valence-corrected chi connectivity index (χ0v) is 17.6. The van der Waals surface area contributed by atoms with E-state index in [1.165, 1.54) is 23.9 Å². The van der Waals surface area contributed by atoms with Crippen LogP contribution in [-0.4, -0.2) is 29.8 Å². The van der Waals surface area contributed by atoms with E-state index in [4.69, 9.17) is 14.3 Å². The quantitative estimate of drug-likeness (QED) is 0.434. The van der Waals surface area contributed by atoms with Gasteiger partial charge in [0.25, 0.3) is 5.91 Å². The van der Waals surface area contributed by atoms with Crippen molar-refractivity contribution in [3.63, 3.8) is 0 Å². The lowest BCUT2D eigenvalue weighted by Crippen LogP contribution is -2.24. The second kappa shape index (κ2) is 9.30. The first-order valence-corrected chi connectivity index (χ1v) is 9.71. The normalized spacial score (nSPS) is 11.5. The summed E-state index contributed by atoms with van der Waals surface area (Å²) in [5.74, 6) is 0.0985. The fraction of sp³-hybridized carbons (Fsp3) is 0.208. The van der Waals surface area contributed by atoms with Gasteiger partial charge in [0, 0.05) is 5.56 Å². The molecule has 0 spiro atoms. The first kappa shape index (κ1) is 21.8. The van der Waals surface area contributed by atoms with Crippen molar-refractivity contribution in [1.82, 2.24) is 5.43 Å². The maximum absolute atomic E-state index is 11.9. The summed E-state index contributed by atoms with van der Waals surface area (Å²) in [6.45, 7) is 6.22. The minimum absolute atomic E-state index is 0.0510. The average molecular weight is 420 g/mol. The van der Waals surface area contributed by atoms with Crippen LogP contribution in [-0.2, 0) is 10.2 Å². The summed E-state index contributed by atoms with van der Waals surface area (Å²) in [6, 6.07) is 17.4. The summed E-state index contributed by atoms with van der Waals surface area (Å²) >= 11 is 0. The summed E-state index contributed by atoms with van der Waals surface area (Å²) in [5.41, 5.74) is 4.42. The number of rotatable bonds is 7. The summed E-state index contributed by atoms with van der Waals surface area (Å²) in [6.07, 6.45) is 1.36. The average Bonchev–Trinajstić information content (AvgIpc) is 3.21. The molecule has 0 saturated carbocycles. The lowest BCUT2D eigenvalue weighted by atomic mass is 9.87. The van der Waals surface area contributed by atoms with Gasteiger partial charge >= 0.3 is 5.97 Å². The number of nitrogens with zero attached hydrogens (tertiary/aromatic N) is 1. The van der Waals surface area contributed by atoms with Gasteiger partial charge in [-0.25, -0.2) is 10.2 Å². The molecule has 3 rings (SSSR count). The highest BCUT2D eigenvalue weighted by Crippen LogP contribution is 2.24. The van der Waals surface area contributed by atoms with Crippen molar-refractivity contribution in [2.45, 2.75) is 26.2 Å². The van der Waals surface area contributed by atoms with E-state index in [-0.39, 0.29) is 17.6 Å². The molecule has 0 saturated heterocycles. The van der Waals surface area contributed by atoms with Crippen molar-refractivity contribution in [3.8, 4) is 17.1 Å². The molecule has 0 unspecified atom stereocenters. The van der Waals surface area contributed by atoms with Gasteiger partial charge in [0.1, 0.15) is 17.3 Å². The zero-order chi connectivity index (χ0) is 22.4. The van der Waals surface area contributed by atoms with Crippen LogP contribution >= 0.6 is 0 Å². The Bertz CT molecular complexity index is 1090. The van der Waals surface area contributed by atoms with Gasteiger partial charge in [-0.3, -0.25) is 4.79 Å². The molecule has 0 fully saturated rings. The van der Waals surface area contributed by atoms with Gasteiger partial charge < -0.3 is 14.3 Å². The minimum Gasteiger partial charge on any atom is -0.484 e. The monoisotopic (exact) mass is 420 g/mol. The highest BCUT2D eigenvalue weighted by atomic mass is 16.5. The van der Waals surface area contributed by atoms with Crippen LogP contribution in [0.2, 0.25) is 0 Å². The second-order valence-electron chi connectivity index (χ2n) is 7.94. The predicted octanol–water partition coefficient (Wildman–Crippen LogP) is 4.47. The molecule has 31 heavy (non-hydrogen) atoms. The number of furan rings is 1. The number of nitrogens with one attached hydrogen (secondary N) is 1. The van der Waals surface area contributed by atoms with Crippen LogP contribution in [0.25, 0.3) is 11.3 Å². The number of carbonyl (C=O) groups excluding carboxylic acids is 1. The van der Waals surface area contributed by atoms with Crippen LogP contribution in [0, 0.1) is 0 Å². The summed E-state index contributed by atoms with van der Waals surface area (Å²) < 4.78 is 11.1. The maximum Gasteiger partial charge on any atom is 0.335 e. The van der Waals surface area contributed by atoms with Crippen molar-refractivity contribution in [2.24, 2.45) is 5.10 Å². The van der Waals surface area contributed by atoms with Gasteiger partial charge in [0.05, 0.1) is 11.8 Å². The minimum atomic E-state index is -1.01. The van der Waals surface area contributed by atoms with Gasteiger partial charge in [0.2, 0.25) is 0 Å². The smallest absolute Gasteiger partial charge is 0.335 e. The number of benzene rings is 2. The summed E-state index contributed by atoms with van der Waals surface area (Å²) in [4.78, 5) is 23.0. The van der Waals surface area contributed by atoms with Crippen molar-refractivity contribution in [3.05, 3.63) is 77.6 Å². The molecular formula is C24H24N2O5. The standard InChI is InChI=1S/C24H24N2O5/c1-24(2,3)18-7-9-19(10-8-18)30-15-22(27)26-25-14-20-11-12-21(31-20)16-5-4-6-17(13-16)23(28)29/h4-14H,15H2,1-3H3,(H,26,27)(H,28,29). The Morgan fingerprint density at radius 1 is 1.10 bits per heavy atom. The van der Waals surface area contributed by atoms with E-state index in [0.717, 1.165) is 0 Å². The predicted molar refractivity (Wildman–Crippen MR) is 117 cm³/mol. The third-order valence-corrected chi connectivity index (χ3v) is 4.49. The van der Waals surface area contributed by atoms with E-state index >= 15 is 0 Å². The molecule has 2 N–H and O–H groups in total. The Balaban J connectivity index is 1.51. The molecule has 0 radical (unpaired) electrons. The van der Waals surface area contributed by atoms with Gasteiger partial charge in [-0.1, -0.05) is 45.0 Å². The molecule has 0 atom stereocenters. The number of carboxylic acid groups (broad SMARTS) is 1. The molecule has 7 nitrogen and oxygen atoms in total. The van der Waals surface area contributed by atoms with Gasteiger partial charge in [0.15, 0.2) is 6.61 Å². The van der Waals surface area contributed by atoms with Crippen molar-refractivity contribution < 1.29 is 23.8 Å². The molecule has 0 aliphatic heterocycles. The van der Waals surface area contributed by atoms with Crippen molar-refractivity contribution in [2.75, 3.05) is 6.61 Å². The Labute approximate surface area is 180 Å². The summed E-state index contributed by atoms with van der Waals surface area (Å²) in [7, 11) is 0. The molecule has 1 aromatic heterocycles. The number of hydrogen-bond acceptors (Lipinski definition) is 5. The topological polar surface area (TPSA) is 101 Å². The number of hydrogen-bond donors (Lipinski definition) is 2. The third-order valence-electron chi connectivity index (χ3n) is 4.49. The van der Waals surface area contributed by atoms with Gasteiger partial charge in [-0.15, -0.1) is 0 Å². The highest BCUT2D eigenvalue weighted by Gasteiger charge is 2.13. The second-order valence-corrected chi connectivity index (χ2v) is 7.94. The number of carbonyl (C=O) groups is 2. The Morgan fingerprint density at radius 3 is 2.52 bits per heavy atom. The maximum atomic E-state index is 11.9. The number of amides is 1. The molecule has 0 bridgehead atoms. The molecule has 0 aliphatic rings. The largest absolute Gasteiger partial charge is 0.484 e. The first-order chi connectivity index (χ1) is 14.7. The van der Waals surface area contributed by atoms with E-state index in [1.807, 2.05) is 24.3 Å². The van der Waals surface area contributed by atoms with Crippen LogP contribution in [0.5, 0.6) is 5.75 Å². The SMILES string of the molecule is CC(C)(C)c1ccc(OCC(=O)NN=Cc2ccc(-c3cccc(C(=O)O)c3)o2)cc1.